The Balaban J connectivity index is 1.61. The molecule has 2 heterocycles. The highest BCUT2D eigenvalue weighted by Crippen LogP contribution is 2.12. The van der Waals surface area contributed by atoms with Gasteiger partial charge < -0.3 is 5.32 Å². The molecule has 0 atom stereocenters. The molecule has 0 bridgehead atoms. The Labute approximate surface area is 143 Å². The van der Waals surface area contributed by atoms with Crippen molar-refractivity contribution in [1.29, 1.82) is 0 Å². The van der Waals surface area contributed by atoms with E-state index in [1.807, 2.05) is 49.4 Å². The SMILES string of the molecule is Cc1ccn2c(=O)cc(CSCC(=O)Nc3ccccc3)nc2c1. The lowest BCUT2D eigenvalue weighted by Crippen LogP contribution is -2.16. The lowest BCUT2D eigenvalue weighted by atomic mass is 10.3. The van der Waals surface area contributed by atoms with E-state index in [0.29, 0.717) is 22.8 Å². The number of aryl methyl sites for hydroxylation is 1. The van der Waals surface area contributed by atoms with Gasteiger partial charge in [-0.3, -0.25) is 14.0 Å². The average Bonchev–Trinajstić information content (AvgIpc) is 2.55. The largest absolute Gasteiger partial charge is 0.325 e. The van der Waals surface area contributed by atoms with Crippen molar-refractivity contribution >= 4 is 29.0 Å². The molecule has 0 aliphatic heterocycles. The summed E-state index contributed by atoms with van der Waals surface area (Å²) in [7, 11) is 0. The minimum Gasteiger partial charge on any atom is -0.325 e. The van der Waals surface area contributed by atoms with Crippen LogP contribution in [0.4, 0.5) is 5.69 Å². The third-order valence-electron chi connectivity index (χ3n) is 3.42. The van der Waals surface area contributed by atoms with Crippen LogP contribution >= 0.6 is 11.8 Å². The summed E-state index contributed by atoms with van der Waals surface area (Å²) >= 11 is 1.43. The quantitative estimate of drug-likeness (QED) is 0.776. The number of benzene rings is 1. The van der Waals surface area contributed by atoms with Gasteiger partial charge in [-0.2, -0.15) is 0 Å². The third kappa shape index (κ3) is 4.02. The molecule has 0 saturated heterocycles. The van der Waals surface area contributed by atoms with Crippen LogP contribution in [0.1, 0.15) is 11.3 Å². The van der Waals surface area contributed by atoms with Gasteiger partial charge in [0.15, 0.2) is 0 Å². The number of nitrogens with one attached hydrogen (secondary N) is 1. The number of hydrogen-bond donors (Lipinski definition) is 1. The number of fused-ring (bicyclic) bond motifs is 1. The fourth-order valence-corrected chi connectivity index (χ4v) is 3.01. The minimum atomic E-state index is -0.107. The molecule has 0 spiro atoms. The predicted molar refractivity (Wildman–Crippen MR) is 97.4 cm³/mol. The smallest absolute Gasteiger partial charge is 0.258 e. The van der Waals surface area contributed by atoms with Crippen molar-refractivity contribution in [1.82, 2.24) is 9.38 Å². The molecule has 0 aliphatic carbocycles. The first kappa shape index (κ1) is 16.3. The first-order valence-corrected chi connectivity index (χ1v) is 8.69. The van der Waals surface area contributed by atoms with E-state index in [2.05, 4.69) is 10.3 Å². The van der Waals surface area contributed by atoms with Gasteiger partial charge >= 0.3 is 0 Å². The van der Waals surface area contributed by atoms with Crippen molar-refractivity contribution in [3.05, 3.63) is 76.3 Å². The van der Waals surface area contributed by atoms with Crippen molar-refractivity contribution in [3.8, 4) is 0 Å². The van der Waals surface area contributed by atoms with E-state index < -0.39 is 0 Å². The summed E-state index contributed by atoms with van der Waals surface area (Å²) in [5, 5.41) is 2.83. The van der Waals surface area contributed by atoms with Gasteiger partial charge in [0.2, 0.25) is 5.91 Å². The van der Waals surface area contributed by atoms with E-state index in [1.54, 1.807) is 6.20 Å². The average molecular weight is 339 g/mol. The number of rotatable bonds is 5. The molecule has 24 heavy (non-hydrogen) atoms. The summed E-state index contributed by atoms with van der Waals surface area (Å²) in [5.74, 6) is 0.755. The second-order valence-corrected chi connectivity index (χ2v) is 6.41. The van der Waals surface area contributed by atoms with Crippen LogP contribution in [-0.2, 0) is 10.5 Å². The maximum Gasteiger partial charge on any atom is 0.258 e. The minimum absolute atomic E-state index is 0.0699. The topological polar surface area (TPSA) is 63.5 Å². The fourth-order valence-electron chi connectivity index (χ4n) is 2.29. The summed E-state index contributed by atoms with van der Waals surface area (Å²) in [6.45, 7) is 1.96. The van der Waals surface area contributed by atoms with Gasteiger partial charge in [-0.25, -0.2) is 4.98 Å². The normalized spacial score (nSPS) is 10.7. The molecule has 0 fully saturated rings. The van der Waals surface area contributed by atoms with E-state index in [4.69, 9.17) is 0 Å². The van der Waals surface area contributed by atoms with Crippen LogP contribution in [0.3, 0.4) is 0 Å². The summed E-state index contributed by atoms with van der Waals surface area (Å²) in [4.78, 5) is 28.5. The number of nitrogens with zero attached hydrogens (tertiary/aromatic N) is 2. The maximum absolute atomic E-state index is 12.1. The number of para-hydroxylation sites is 1. The number of pyridine rings is 1. The number of hydrogen-bond acceptors (Lipinski definition) is 4. The molecule has 2 aromatic heterocycles. The van der Waals surface area contributed by atoms with Crippen LogP contribution in [0.15, 0.2) is 59.5 Å². The Hall–Kier alpha value is -2.60. The molecule has 0 aliphatic rings. The van der Waals surface area contributed by atoms with E-state index >= 15 is 0 Å². The van der Waals surface area contributed by atoms with Gasteiger partial charge in [-0.1, -0.05) is 18.2 Å². The standard InChI is InChI=1S/C18H17N3O2S/c1-13-7-8-21-16(9-13)19-15(10-18(21)23)11-24-12-17(22)20-14-5-3-2-4-6-14/h2-10H,11-12H2,1H3,(H,20,22). The van der Waals surface area contributed by atoms with Crippen molar-refractivity contribution < 1.29 is 4.79 Å². The molecular weight excluding hydrogens is 322 g/mol. The first-order valence-electron chi connectivity index (χ1n) is 7.53. The van der Waals surface area contributed by atoms with Crippen LogP contribution < -0.4 is 10.9 Å². The highest BCUT2D eigenvalue weighted by Gasteiger charge is 2.06. The lowest BCUT2D eigenvalue weighted by Gasteiger charge is -2.06. The zero-order valence-corrected chi connectivity index (χ0v) is 14.0. The molecule has 0 saturated carbocycles. The lowest BCUT2D eigenvalue weighted by molar-refractivity contribution is -0.113. The number of amides is 1. The third-order valence-corrected chi connectivity index (χ3v) is 4.38. The molecule has 122 valence electrons. The monoisotopic (exact) mass is 339 g/mol. The van der Waals surface area contributed by atoms with Gasteiger partial charge in [0.05, 0.1) is 11.4 Å². The fraction of sp³-hybridized carbons (Fsp3) is 0.167. The number of carbonyl (C=O) groups is 1. The van der Waals surface area contributed by atoms with Gasteiger partial charge in [0.25, 0.3) is 5.56 Å². The number of anilines is 1. The van der Waals surface area contributed by atoms with Crippen LogP contribution in [0.25, 0.3) is 5.65 Å². The van der Waals surface area contributed by atoms with E-state index in [0.717, 1.165) is 11.3 Å². The summed E-state index contributed by atoms with van der Waals surface area (Å²) < 4.78 is 1.52. The number of thioether (sulfide) groups is 1. The van der Waals surface area contributed by atoms with Crippen LogP contribution in [0, 0.1) is 6.92 Å². The number of carbonyl (C=O) groups excluding carboxylic acids is 1. The second kappa shape index (κ2) is 7.31. The Morgan fingerprint density at radius 1 is 1.21 bits per heavy atom. The van der Waals surface area contributed by atoms with Crippen molar-refractivity contribution in [2.24, 2.45) is 0 Å². The van der Waals surface area contributed by atoms with Crippen molar-refractivity contribution in [2.75, 3.05) is 11.1 Å². The van der Waals surface area contributed by atoms with Crippen LogP contribution in [0.5, 0.6) is 0 Å². The zero-order valence-electron chi connectivity index (χ0n) is 13.2. The van der Waals surface area contributed by atoms with Crippen LogP contribution in [-0.4, -0.2) is 21.0 Å². The molecule has 1 N–H and O–H groups in total. The molecule has 0 unspecified atom stereocenters. The van der Waals surface area contributed by atoms with Crippen LogP contribution in [0.2, 0.25) is 0 Å². The van der Waals surface area contributed by atoms with Gasteiger partial charge in [0, 0.05) is 23.7 Å². The Morgan fingerprint density at radius 2 is 2.00 bits per heavy atom. The summed E-state index contributed by atoms with van der Waals surface area (Å²) in [5.41, 5.74) is 3.04. The first-order chi connectivity index (χ1) is 11.6. The predicted octanol–water partition coefficient (Wildman–Crippen LogP) is 2.87. The molecule has 1 aromatic carbocycles. The van der Waals surface area contributed by atoms with E-state index in [9.17, 15) is 9.59 Å². The zero-order chi connectivity index (χ0) is 16.9. The molecule has 5 nitrogen and oxygen atoms in total. The van der Waals surface area contributed by atoms with Gasteiger partial charge in [0.1, 0.15) is 5.65 Å². The molecular formula is C18H17N3O2S. The molecule has 0 radical (unpaired) electrons. The van der Waals surface area contributed by atoms with E-state index in [1.165, 1.54) is 22.2 Å². The van der Waals surface area contributed by atoms with E-state index in [-0.39, 0.29) is 11.5 Å². The summed E-state index contributed by atoms with van der Waals surface area (Å²) in [6.07, 6.45) is 1.73. The van der Waals surface area contributed by atoms with Crippen molar-refractivity contribution in [3.63, 3.8) is 0 Å². The Bertz CT molecular complexity index is 922. The summed E-state index contributed by atoms with van der Waals surface area (Å²) in [6, 6.07) is 14.6. The highest BCUT2D eigenvalue weighted by atomic mass is 32.2. The molecule has 1 amide bonds. The molecule has 6 heteroatoms. The second-order valence-electron chi connectivity index (χ2n) is 5.43. The Morgan fingerprint density at radius 3 is 2.79 bits per heavy atom. The van der Waals surface area contributed by atoms with Gasteiger partial charge in [-0.15, -0.1) is 11.8 Å². The molecule has 3 aromatic rings. The highest BCUT2D eigenvalue weighted by molar-refractivity contribution is 7.99. The van der Waals surface area contributed by atoms with Crippen molar-refractivity contribution in [2.45, 2.75) is 12.7 Å². The van der Waals surface area contributed by atoms with Gasteiger partial charge in [-0.05, 0) is 36.8 Å². The molecule has 3 rings (SSSR count). The Kier molecular flexibility index (Phi) is 4.96. The maximum atomic E-state index is 12.1. The number of aromatic nitrogens is 2.